The van der Waals surface area contributed by atoms with E-state index in [4.69, 9.17) is 4.74 Å². The maximum Gasteiger partial charge on any atom is 0.270 e. The maximum absolute atomic E-state index is 12.6. The van der Waals surface area contributed by atoms with E-state index >= 15 is 0 Å². The van der Waals surface area contributed by atoms with Crippen molar-refractivity contribution < 1.29 is 14.3 Å². The predicted molar refractivity (Wildman–Crippen MR) is 112 cm³/mol. The highest BCUT2D eigenvalue weighted by atomic mass is 16.5. The highest BCUT2D eigenvalue weighted by Crippen LogP contribution is 2.19. The molecule has 2 amide bonds. The lowest BCUT2D eigenvalue weighted by molar-refractivity contribution is 0.0946. The number of nitrogens with one attached hydrogen (secondary N) is 2. The van der Waals surface area contributed by atoms with Gasteiger partial charge >= 0.3 is 0 Å². The molecule has 0 bridgehead atoms. The lowest BCUT2D eigenvalue weighted by Crippen LogP contribution is -2.24. The van der Waals surface area contributed by atoms with Gasteiger partial charge in [0.05, 0.1) is 7.11 Å². The van der Waals surface area contributed by atoms with Crippen molar-refractivity contribution in [3.63, 3.8) is 0 Å². The summed E-state index contributed by atoms with van der Waals surface area (Å²) in [7, 11) is 1.60. The van der Waals surface area contributed by atoms with E-state index < -0.39 is 0 Å². The van der Waals surface area contributed by atoms with Gasteiger partial charge in [-0.3, -0.25) is 14.6 Å². The molecule has 0 aliphatic rings. The maximum atomic E-state index is 12.6. The Hall–Kier alpha value is -3.67. The van der Waals surface area contributed by atoms with Gasteiger partial charge in [0.2, 0.25) is 0 Å². The van der Waals surface area contributed by atoms with Crippen molar-refractivity contribution in [3.8, 4) is 5.75 Å². The zero-order valence-corrected chi connectivity index (χ0v) is 16.7. The van der Waals surface area contributed by atoms with Crippen LogP contribution in [0.15, 0.2) is 60.8 Å². The van der Waals surface area contributed by atoms with E-state index in [0.717, 1.165) is 28.1 Å². The van der Waals surface area contributed by atoms with Crippen LogP contribution in [0.1, 0.15) is 37.5 Å². The van der Waals surface area contributed by atoms with E-state index in [1.54, 1.807) is 13.2 Å². The molecule has 0 atom stereocenters. The van der Waals surface area contributed by atoms with Crippen LogP contribution in [0.4, 0.5) is 5.69 Å². The summed E-state index contributed by atoms with van der Waals surface area (Å²) in [5.41, 5.74) is 4.34. The number of aromatic nitrogens is 1. The number of hydrogen-bond acceptors (Lipinski definition) is 4. The summed E-state index contributed by atoms with van der Waals surface area (Å²) >= 11 is 0. The lowest BCUT2D eigenvalue weighted by Gasteiger charge is -2.11. The Morgan fingerprint density at radius 3 is 2.48 bits per heavy atom. The van der Waals surface area contributed by atoms with Gasteiger partial charge in [0.25, 0.3) is 11.8 Å². The number of ether oxygens (including phenoxy) is 1. The van der Waals surface area contributed by atoms with Gasteiger partial charge in [-0.05, 0) is 60.9 Å². The molecule has 6 heteroatoms. The van der Waals surface area contributed by atoms with Crippen molar-refractivity contribution in [1.82, 2.24) is 10.3 Å². The minimum Gasteiger partial charge on any atom is -0.497 e. The summed E-state index contributed by atoms with van der Waals surface area (Å²) < 4.78 is 5.12. The first-order chi connectivity index (χ1) is 14.0. The first kappa shape index (κ1) is 20.1. The molecule has 0 aliphatic carbocycles. The Bertz CT molecular complexity index is 1030. The van der Waals surface area contributed by atoms with Gasteiger partial charge < -0.3 is 15.4 Å². The number of benzene rings is 2. The fraction of sp³-hybridized carbons (Fsp3) is 0.174. The summed E-state index contributed by atoms with van der Waals surface area (Å²) in [6, 6.07) is 16.2. The smallest absolute Gasteiger partial charge is 0.270 e. The Balaban J connectivity index is 1.66. The van der Waals surface area contributed by atoms with Gasteiger partial charge in [0, 0.05) is 24.0 Å². The molecule has 3 aromatic rings. The van der Waals surface area contributed by atoms with Crippen LogP contribution in [0, 0.1) is 13.8 Å². The van der Waals surface area contributed by atoms with E-state index in [1.807, 2.05) is 56.3 Å². The van der Waals surface area contributed by atoms with Crippen molar-refractivity contribution >= 4 is 17.5 Å². The fourth-order valence-corrected chi connectivity index (χ4v) is 2.79. The number of carbonyl (C=O) groups excluding carboxylic acids is 2. The molecule has 0 saturated carbocycles. The van der Waals surface area contributed by atoms with Crippen LogP contribution in [0.3, 0.4) is 0 Å². The van der Waals surface area contributed by atoms with Crippen molar-refractivity contribution in [2.75, 3.05) is 12.4 Å². The second-order valence-electron chi connectivity index (χ2n) is 6.66. The van der Waals surface area contributed by atoms with Gasteiger partial charge in [-0.15, -0.1) is 0 Å². The number of methoxy groups -OCH3 is 1. The van der Waals surface area contributed by atoms with Crippen LogP contribution in [0.5, 0.6) is 5.75 Å². The lowest BCUT2D eigenvalue weighted by atomic mass is 10.1. The number of aryl methyl sites for hydroxylation is 1. The van der Waals surface area contributed by atoms with E-state index in [2.05, 4.69) is 15.6 Å². The van der Waals surface area contributed by atoms with Gasteiger partial charge in [-0.2, -0.15) is 0 Å². The predicted octanol–water partition coefficient (Wildman–Crippen LogP) is 3.89. The molecule has 6 nitrogen and oxygen atoms in total. The standard InChI is InChI=1S/C23H23N3O3/c1-15-5-4-6-20(16(15)2)26-22(27)18-11-12-24-21(13-18)23(28)25-14-17-7-9-19(29-3)10-8-17/h4-13H,14H2,1-3H3,(H,25,28)(H,26,27). The molecule has 3 rings (SSSR count). The van der Waals surface area contributed by atoms with Crippen molar-refractivity contribution in [2.45, 2.75) is 20.4 Å². The Kier molecular flexibility index (Phi) is 6.24. The molecule has 1 aromatic heterocycles. The van der Waals surface area contributed by atoms with Crippen LogP contribution >= 0.6 is 0 Å². The third kappa shape index (κ3) is 4.99. The van der Waals surface area contributed by atoms with Gasteiger partial charge in [-0.1, -0.05) is 24.3 Å². The summed E-state index contributed by atoms with van der Waals surface area (Å²) in [5.74, 6) is 0.122. The Morgan fingerprint density at radius 2 is 1.76 bits per heavy atom. The number of amides is 2. The van der Waals surface area contributed by atoms with E-state index in [1.165, 1.54) is 12.3 Å². The Morgan fingerprint density at radius 1 is 1.00 bits per heavy atom. The summed E-state index contributed by atoms with van der Waals surface area (Å²) in [5, 5.41) is 5.70. The molecule has 0 radical (unpaired) electrons. The number of anilines is 1. The van der Waals surface area contributed by atoms with Crippen LogP contribution < -0.4 is 15.4 Å². The SMILES string of the molecule is COc1ccc(CNC(=O)c2cc(C(=O)Nc3cccc(C)c3C)ccn2)cc1. The van der Waals surface area contributed by atoms with E-state index in [0.29, 0.717) is 12.1 Å². The van der Waals surface area contributed by atoms with E-state index in [9.17, 15) is 9.59 Å². The minimum atomic E-state index is -0.345. The molecular formula is C23H23N3O3. The molecule has 0 unspecified atom stereocenters. The molecule has 29 heavy (non-hydrogen) atoms. The largest absolute Gasteiger partial charge is 0.497 e. The fourth-order valence-electron chi connectivity index (χ4n) is 2.79. The quantitative estimate of drug-likeness (QED) is 0.670. The second-order valence-corrected chi connectivity index (χ2v) is 6.66. The molecule has 2 aromatic carbocycles. The van der Waals surface area contributed by atoms with Gasteiger partial charge in [-0.25, -0.2) is 0 Å². The summed E-state index contributed by atoms with van der Waals surface area (Å²) in [6.07, 6.45) is 1.46. The average Bonchev–Trinajstić information content (AvgIpc) is 2.75. The Labute approximate surface area is 169 Å². The summed E-state index contributed by atoms with van der Waals surface area (Å²) in [6.45, 7) is 4.29. The minimum absolute atomic E-state index is 0.187. The number of pyridine rings is 1. The molecular weight excluding hydrogens is 366 g/mol. The number of hydrogen-bond donors (Lipinski definition) is 2. The molecule has 1 heterocycles. The molecule has 0 aliphatic heterocycles. The normalized spacial score (nSPS) is 10.3. The molecule has 0 saturated heterocycles. The van der Waals surface area contributed by atoms with Gasteiger partial charge in [0.15, 0.2) is 0 Å². The highest BCUT2D eigenvalue weighted by Gasteiger charge is 2.13. The second kappa shape index (κ2) is 9.01. The van der Waals surface area contributed by atoms with Crippen LogP contribution in [0.2, 0.25) is 0 Å². The van der Waals surface area contributed by atoms with Crippen LogP contribution in [0.25, 0.3) is 0 Å². The van der Waals surface area contributed by atoms with Crippen molar-refractivity contribution in [1.29, 1.82) is 0 Å². The zero-order valence-electron chi connectivity index (χ0n) is 16.7. The van der Waals surface area contributed by atoms with Crippen molar-refractivity contribution in [3.05, 3.63) is 88.7 Å². The van der Waals surface area contributed by atoms with Gasteiger partial charge in [0.1, 0.15) is 11.4 Å². The monoisotopic (exact) mass is 389 g/mol. The molecule has 0 spiro atoms. The number of carbonyl (C=O) groups is 2. The molecule has 148 valence electrons. The number of rotatable bonds is 6. The van der Waals surface area contributed by atoms with Crippen LogP contribution in [-0.4, -0.2) is 23.9 Å². The molecule has 0 fully saturated rings. The van der Waals surface area contributed by atoms with Crippen LogP contribution in [-0.2, 0) is 6.54 Å². The van der Waals surface area contributed by atoms with Crippen molar-refractivity contribution in [2.24, 2.45) is 0 Å². The zero-order chi connectivity index (χ0) is 20.8. The van der Waals surface area contributed by atoms with E-state index in [-0.39, 0.29) is 17.5 Å². The number of nitrogens with zero attached hydrogens (tertiary/aromatic N) is 1. The first-order valence-corrected chi connectivity index (χ1v) is 9.22. The third-order valence-corrected chi connectivity index (χ3v) is 4.72. The highest BCUT2D eigenvalue weighted by molar-refractivity contribution is 6.06. The molecule has 2 N–H and O–H groups in total. The average molecular weight is 389 g/mol. The first-order valence-electron chi connectivity index (χ1n) is 9.22. The topological polar surface area (TPSA) is 80.3 Å². The summed E-state index contributed by atoms with van der Waals surface area (Å²) in [4.78, 5) is 29.1. The third-order valence-electron chi connectivity index (χ3n) is 4.72.